The molecular formula is C14H22N2O3S. The molecule has 0 unspecified atom stereocenters. The van der Waals surface area contributed by atoms with Gasteiger partial charge in [0.2, 0.25) is 0 Å². The van der Waals surface area contributed by atoms with E-state index in [-0.39, 0.29) is 5.97 Å². The van der Waals surface area contributed by atoms with E-state index in [0.29, 0.717) is 18.3 Å². The molecule has 0 radical (unpaired) electrons. The third-order valence-corrected chi connectivity index (χ3v) is 4.62. The van der Waals surface area contributed by atoms with E-state index in [0.717, 1.165) is 30.4 Å². The summed E-state index contributed by atoms with van der Waals surface area (Å²) in [6.07, 6.45) is 4.67. The van der Waals surface area contributed by atoms with Crippen molar-refractivity contribution >= 4 is 22.4 Å². The van der Waals surface area contributed by atoms with E-state index in [1.165, 1.54) is 20.0 Å². The lowest BCUT2D eigenvalue weighted by Gasteiger charge is -2.14. The monoisotopic (exact) mass is 298 g/mol. The molecule has 1 aromatic heterocycles. The second-order valence-corrected chi connectivity index (χ2v) is 6.17. The number of aryl methyl sites for hydroxylation is 1. The second kappa shape index (κ2) is 7.04. The molecule has 1 N–H and O–H groups in total. The van der Waals surface area contributed by atoms with Crippen LogP contribution in [-0.2, 0) is 20.7 Å². The van der Waals surface area contributed by atoms with Crippen LogP contribution in [0.1, 0.15) is 31.4 Å². The van der Waals surface area contributed by atoms with Gasteiger partial charge in [-0.3, -0.25) is 4.79 Å². The number of nitrogens with one attached hydrogen (secondary N) is 1. The number of aromatic nitrogens is 1. The molecule has 2 rings (SSSR count). The summed E-state index contributed by atoms with van der Waals surface area (Å²) in [4.78, 5) is 15.6. The van der Waals surface area contributed by atoms with Crippen LogP contribution in [0.2, 0.25) is 0 Å². The molecule has 0 spiro atoms. The number of thiazole rings is 1. The Morgan fingerprint density at radius 1 is 1.50 bits per heavy atom. The van der Waals surface area contributed by atoms with E-state index in [1.54, 1.807) is 18.4 Å². The standard InChI is InChI=1S/C14H22N2O3S/c1-18-8-7-14(5-6-14)10-15-13-16-11(9-20-13)3-4-12(17)19-2/h9H,3-8,10H2,1-2H3,(H,15,16). The molecule has 5 nitrogen and oxygen atoms in total. The molecule has 20 heavy (non-hydrogen) atoms. The van der Waals surface area contributed by atoms with Gasteiger partial charge in [0.25, 0.3) is 0 Å². The van der Waals surface area contributed by atoms with E-state index in [9.17, 15) is 4.79 Å². The molecule has 6 heteroatoms. The lowest BCUT2D eigenvalue weighted by atomic mass is 10.0. The average molecular weight is 298 g/mol. The fraction of sp³-hybridized carbons (Fsp3) is 0.714. The summed E-state index contributed by atoms with van der Waals surface area (Å²) in [7, 11) is 3.16. The van der Waals surface area contributed by atoms with Gasteiger partial charge in [-0.15, -0.1) is 11.3 Å². The SMILES string of the molecule is COCCC1(CNc2nc(CCC(=O)OC)cs2)CC1. The van der Waals surface area contributed by atoms with Gasteiger partial charge >= 0.3 is 5.97 Å². The Bertz CT molecular complexity index is 443. The van der Waals surface area contributed by atoms with Crippen molar-refractivity contribution in [3.05, 3.63) is 11.1 Å². The maximum atomic E-state index is 11.1. The van der Waals surface area contributed by atoms with E-state index < -0.39 is 0 Å². The maximum Gasteiger partial charge on any atom is 0.305 e. The number of carbonyl (C=O) groups excluding carboxylic acids is 1. The van der Waals surface area contributed by atoms with Gasteiger partial charge in [0.1, 0.15) is 0 Å². The summed E-state index contributed by atoms with van der Waals surface area (Å²) in [6, 6.07) is 0. The van der Waals surface area contributed by atoms with Gasteiger partial charge in [-0.05, 0) is 24.7 Å². The quantitative estimate of drug-likeness (QED) is 0.710. The largest absolute Gasteiger partial charge is 0.469 e. The highest BCUT2D eigenvalue weighted by atomic mass is 32.1. The van der Waals surface area contributed by atoms with Gasteiger partial charge < -0.3 is 14.8 Å². The predicted molar refractivity (Wildman–Crippen MR) is 79.1 cm³/mol. The van der Waals surface area contributed by atoms with Crippen LogP contribution in [0.25, 0.3) is 0 Å². The Labute approximate surface area is 123 Å². The number of ether oxygens (including phenoxy) is 2. The Morgan fingerprint density at radius 3 is 2.95 bits per heavy atom. The van der Waals surface area contributed by atoms with Crippen LogP contribution in [0.15, 0.2) is 5.38 Å². The van der Waals surface area contributed by atoms with Crippen molar-refractivity contribution in [3.63, 3.8) is 0 Å². The van der Waals surface area contributed by atoms with Gasteiger partial charge in [0.15, 0.2) is 5.13 Å². The van der Waals surface area contributed by atoms with Gasteiger partial charge in [-0.25, -0.2) is 4.98 Å². The van der Waals surface area contributed by atoms with Gasteiger partial charge in [0, 0.05) is 32.1 Å². The van der Waals surface area contributed by atoms with Crippen molar-refractivity contribution in [1.82, 2.24) is 4.98 Å². The first kappa shape index (κ1) is 15.3. The smallest absolute Gasteiger partial charge is 0.305 e. The zero-order chi connectivity index (χ0) is 14.4. The number of esters is 1. The molecule has 112 valence electrons. The summed E-state index contributed by atoms with van der Waals surface area (Å²) in [5.41, 5.74) is 1.36. The third-order valence-electron chi connectivity index (χ3n) is 3.77. The Balaban J connectivity index is 1.74. The molecule has 1 fully saturated rings. The highest BCUT2D eigenvalue weighted by Crippen LogP contribution is 2.48. The van der Waals surface area contributed by atoms with E-state index in [4.69, 9.17) is 4.74 Å². The van der Waals surface area contributed by atoms with Crippen molar-refractivity contribution in [2.45, 2.75) is 32.1 Å². The Morgan fingerprint density at radius 2 is 2.30 bits per heavy atom. The first-order chi connectivity index (χ1) is 9.67. The first-order valence-corrected chi connectivity index (χ1v) is 7.79. The van der Waals surface area contributed by atoms with Crippen molar-refractivity contribution in [3.8, 4) is 0 Å². The Hall–Kier alpha value is -1.14. The molecule has 0 aliphatic heterocycles. The molecule has 1 aromatic rings. The highest BCUT2D eigenvalue weighted by Gasteiger charge is 2.41. The van der Waals surface area contributed by atoms with E-state index in [1.807, 2.05) is 5.38 Å². The third kappa shape index (κ3) is 4.45. The fourth-order valence-electron chi connectivity index (χ4n) is 2.11. The maximum absolute atomic E-state index is 11.1. The summed E-state index contributed by atoms with van der Waals surface area (Å²) in [6.45, 7) is 1.78. The summed E-state index contributed by atoms with van der Waals surface area (Å²) < 4.78 is 9.78. The molecule has 1 heterocycles. The lowest BCUT2D eigenvalue weighted by Crippen LogP contribution is -2.17. The summed E-state index contributed by atoms with van der Waals surface area (Å²) in [5.74, 6) is -0.191. The van der Waals surface area contributed by atoms with Crippen molar-refractivity contribution < 1.29 is 14.3 Å². The number of rotatable bonds is 9. The number of hydrogen-bond acceptors (Lipinski definition) is 6. The van der Waals surface area contributed by atoms with Crippen LogP contribution in [-0.4, -0.2) is 38.3 Å². The summed E-state index contributed by atoms with van der Waals surface area (Å²) in [5, 5.41) is 6.35. The number of nitrogens with zero attached hydrogens (tertiary/aromatic N) is 1. The number of carbonyl (C=O) groups is 1. The molecular weight excluding hydrogens is 276 g/mol. The van der Waals surface area contributed by atoms with Crippen LogP contribution >= 0.6 is 11.3 Å². The minimum atomic E-state index is -0.191. The number of methoxy groups -OCH3 is 2. The zero-order valence-corrected chi connectivity index (χ0v) is 12.9. The predicted octanol–water partition coefficient (Wildman–Crippen LogP) is 2.48. The van der Waals surface area contributed by atoms with Crippen molar-refractivity contribution in [2.75, 3.05) is 32.7 Å². The van der Waals surface area contributed by atoms with Gasteiger partial charge in [-0.1, -0.05) is 0 Å². The highest BCUT2D eigenvalue weighted by molar-refractivity contribution is 7.13. The Kier molecular flexibility index (Phi) is 5.37. The van der Waals surface area contributed by atoms with Crippen LogP contribution in [0, 0.1) is 5.41 Å². The van der Waals surface area contributed by atoms with E-state index >= 15 is 0 Å². The zero-order valence-electron chi connectivity index (χ0n) is 12.1. The van der Waals surface area contributed by atoms with Crippen molar-refractivity contribution in [2.24, 2.45) is 5.41 Å². The molecule has 0 aromatic carbocycles. The van der Waals surface area contributed by atoms with Crippen LogP contribution < -0.4 is 5.32 Å². The minimum Gasteiger partial charge on any atom is -0.469 e. The summed E-state index contributed by atoms with van der Waals surface area (Å²) >= 11 is 1.60. The first-order valence-electron chi connectivity index (χ1n) is 6.91. The van der Waals surface area contributed by atoms with Crippen LogP contribution in [0.3, 0.4) is 0 Å². The molecule has 1 aliphatic rings. The molecule has 0 amide bonds. The van der Waals surface area contributed by atoms with E-state index in [2.05, 4.69) is 15.0 Å². The number of hydrogen-bond donors (Lipinski definition) is 1. The second-order valence-electron chi connectivity index (χ2n) is 5.32. The van der Waals surface area contributed by atoms with Crippen molar-refractivity contribution in [1.29, 1.82) is 0 Å². The lowest BCUT2D eigenvalue weighted by molar-refractivity contribution is -0.140. The minimum absolute atomic E-state index is 0.191. The normalized spacial score (nSPS) is 15.9. The number of anilines is 1. The topological polar surface area (TPSA) is 60.5 Å². The van der Waals surface area contributed by atoms with Gasteiger partial charge in [-0.2, -0.15) is 0 Å². The van der Waals surface area contributed by atoms with Crippen LogP contribution in [0.4, 0.5) is 5.13 Å². The van der Waals surface area contributed by atoms with Crippen LogP contribution in [0.5, 0.6) is 0 Å². The average Bonchev–Trinajstić information content (AvgIpc) is 3.10. The molecule has 0 bridgehead atoms. The molecule has 1 aliphatic carbocycles. The molecule has 0 saturated heterocycles. The fourth-order valence-corrected chi connectivity index (χ4v) is 2.85. The van der Waals surface area contributed by atoms with Gasteiger partial charge in [0.05, 0.1) is 19.2 Å². The molecule has 1 saturated carbocycles. The molecule has 0 atom stereocenters.